The number of hydrogen-bond acceptors (Lipinski definition) is 5. The van der Waals surface area contributed by atoms with E-state index in [4.69, 9.17) is 0 Å². The molecule has 0 saturated carbocycles. The lowest BCUT2D eigenvalue weighted by Crippen LogP contribution is -2.35. The van der Waals surface area contributed by atoms with Crippen molar-refractivity contribution in [2.75, 3.05) is 13.1 Å². The average molecular weight is 426 g/mol. The van der Waals surface area contributed by atoms with Crippen LogP contribution in [0.1, 0.15) is 65.9 Å². The molecule has 7 heteroatoms. The first-order chi connectivity index (χ1) is 14.4. The molecule has 2 aromatic rings. The molecule has 6 nitrogen and oxygen atoms in total. The van der Waals surface area contributed by atoms with Crippen LogP contribution in [-0.2, 0) is 16.0 Å². The van der Waals surface area contributed by atoms with Gasteiger partial charge in [0.2, 0.25) is 5.91 Å². The maximum atomic E-state index is 12.9. The van der Waals surface area contributed by atoms with Gasteiger partial charge in [0.25, 0.3) is 0 Å². The second-order valence-corrected chi connectivity index (χ2v) is 9.57. The van der Waals surface area contributed by atoms with E-state index in [1.54, 1.807) is 17.4 Å². The van der Waals surface area contributed by atoms with E-state index in [-0.39, 0.29) is 29.9 Å². The molecule has 1 unspecified atom stereocenters. The molecule has 1 amide bonds. The zero-order valence-corrected chi connectivity index (χ0v) is 18.3. The Morgan fingerprint density at radius 2 is 2.13 bits per heavy atom. The molecule has 0 saturated heterocycles. The first-order valence-corrected chi connectivity index (χ1v) is 11.4. The Labute approximate surface area is 180 Å². The largest absolute Gasteiger partial charge is 0.339 e. The standard InChI is InChI=1S/C23H27N3O3S/c1-15(2)12-23(29)25-10-7-16(8-11-25)21-14-24-22(30-21)13-20(28)18-5-6-19(27)17-4-3-9-26(17)18/h3-4,7,9,14-15,18H,5-6,8,10-13H2,1-2H3. The lowest BCUT2D eigenvalue weighted by atomic mass is 9.97. The SMILES string of the molecule is CC(C)CC(=O)N1CC=C(c2cnc(CC(=O)C3CCC(=O)c4cccn43)s2)CC1. The van der Waals surface area contributed by atoms with E-state index < -0.39 is 0 Å². The summed E-state index contributed by atoms with van der Waals surface area (Å²) in [5.74, 6) is 0.787. The van der Waals surface area contributed by atoms with Crippen LogP contribution in [0.25, 0.3) is 5.57 Å². The second kappa shape index (κ2) is 8.68. The molecule has 0 aromatic carbocycles. The fourth-order valence-corrected chi connectivity index (χ4v) is 5.15. The number of aromatic nitrogens is 2. The van der Waals surface area contributed by atoms with Crippen molar-refractivity contribution in [1.82, 2.24) is 14.5 Å². The van der Waals surface area contributed by atoms with E-state index in [1.165, 1.54) is 5.57 Å². The van der Waals surface area contributed by atoms with Crippen LogP contribution in [0, 0.1) is 5.92 Å². The van der Waals surface area contributed by atoms with Gasteiger partial charge in [0, 0.05) is 38.3 Å². The van der Waals surface area contributed by atoms with E-state index in [2.05, 4.69) is 24.9 Å². The molecule has 1 atom stereocenters. The lowest BCUT2D eigenvalue weighted by molar-refractivity contribution is -0.131. The molecule has 4 heterocycles. The molecule has 0 N–H and O–H groups in total. The summed E-state index contributed by atoms with van der Waals surface area (Å²) in [5.41, 5.74) is 1.83. The summed E-state index contributed by atoms with van der Waals surface area (Å²) in [5, 5.41) is 0.805. The Kier molecular flexibility index (Phi) is 5.99. The van der Waals surface area contributed by atoms with E-state index >= 15 is 0 Å². The molecule has 2 aliphatic heterocycles. The molecular weight excluding hydrogens is 398 g/mol. The highest BCUT2D eigenvalue weighted by Gasteiger charge is 2.30. The normalized spacial score (nSPS) is 19.0. The third-order valence-electron chi connectivity index (χ3n) is 5.76. The van der Waals surface area contributed by atoms with Crippen LogP contribution < -0.4 is 0 Å². The Morgan fingerprint density at radius 3 is 2.87 bits per heavy atom. The average Bonchev–Trinajstić information content (AvgIpc) is 3.38. The summed E-state index contributed by atoms with van der Waals surface area (Å²) in [6.45, 7) is 5.49. The Hall–Kier alpha value is -2.54. The number of carbonyl (C=O) groups is 3. The van der Waals surface area contributed by atoms with Gasteiger partial charge in [-0.15, -0.1) is 11.3 Å². The van der Waals surface area contributed by atoms with Crippen LogP contribution in [0.15, 0.2) is 30.6 Å². The maximum Gasteiger partial charge on any atom is 0.223 e. The van der Waals surface area contributed by atoms with Crippen molar-refractivity contribution in [2.24, 2.45) is 5.92 Å². The van der Waals surface area contributed by atoms with Gasteiger partial charge in [-0.1, -0.05) is 19.9 Å². The second-order valence-electron chi connectivity index (χ2n) is 8.46. The Bertz CT molecular complexity index is 1000. The zero-order chi connectivity index (χ0) is 21.3. The highest BCUT2D eigenvalue weighted by atomic mass is 32.1. The van der Waals surface area contributed by atoms with Gasteiger partial charge >= 0.3 is 0 Å². The minimum Gasteiger partial charge on any atom is -0.339 e. The molecule has 4 rings (SSSR count). The lowest BCUT2D eigenvalue weighted by Gasteiger charge is -2.26. The summed E-state index contributed by atoms with van der Waals surface area (Å²) < 4.78 is 1.81. The molecule has 158 valence electrons. The Balaban J connectivity index is 1.39. The van der Waals surface area contributed by atoms with Gasteiger partial charge in [0.05, 0.1) is 23.0 Å². The number of carbonyl (C=O) groups excluding carboxylic acids is 3. The number of Topliss-reactive ketones (excluding diaryl/α,β-unsaturated/α-hetero) is 2. The minimum absolute atomic E-state index is 0.101. The highest BCUT2D eigenvalue weighted by molar-refractivity contribution is 7.12. The number of nitrogens with zero attached hydrogens (tertiary/aromatic N) is 3. The summed E-state index contributed by atoms with van der Waals surface area (Å²) in [7, 11) is 0. The first-order valence-electron chi connectivity index (χ1n) is 10.6. The summed E-state index contributed by atoms with van der Waals surface area (Å²) in [6, 6.07) is 3.33. The third-order valence-corrected chi connectivity index (χ3v) is 6.83. The van der Waals surface area contributed by atoms with Crippen LogP contribution in [0.5, 0.6) is 0 Å². The van der Waals surface area contributed by atoms with Gasteiger partial charge in [0.1, 0.15) is 5.01 Å². The van der Waals surface area contributed by atoms with E-state index in [1.807, 2.05) is 27.9 Å². The van der Waals surface area contributed by atoms with Gasteiger partial charge in [-0.05, 0) is 36.5 Å². The molecule has 0 spiro atoms. The van der Waals surface area contributed by atoms with Gasteiger partial charge in [0.15, 0.2) is 11.6 Å². The topological polar surface area (TPSA) is 72.3 Å². The fourth-order valence-electron chi connectivity index (χ4n) is 4.16. The van der Waals surface area contributed by atoms with Crippen molar-refractivity contribution >= 4 is 34.4 Å². The van der Waals surface area contributed by atoms with Crippen LogP contribution >= 0.6 is 11.3 Å². The monoisotopic (exact) mass is 425 g/mol. The molecule has 30 heavy (non-hydrogen) atoms. The molecular formula is C23H27N3O3S. The quantitative estimate of drug-likeness (QED) is 0.703. The molecule has 0 bridgehead atoms. The zero-order valence-electron chi connectivity index (χ0n) is 17.5. The number of hydrogen-bond donors (Lipinski definition) is 0. The molecule has 2 aromatic heterocycles. The van der Waals surface area contributed by atoms with Crippen LogP contribution in [-0.4, -0.2) is 45.0 Å². The number of rotatable bonds is 6. The van der Waals surface area contributed by atoms with Gasteiger partial charge in [-0.2, -0.15) is 0 Å². The highest BCUT2D eigenvalue weighted by Crippen LogP contribution is 2.30. The third kappa shape index (κ3) is 4.31. The van der Waals surface area contributed by atoms with Crippen molar-refractivity contribution in [3.8, 4) is 0 Å². The van der Waals surface area contributed by atoms with Crippen molar-refractivity contribution in [1.29, 1.82) is 0 Å². The predicted octanol–water partition coefficient (Wildman–Crippen LogP) is 3.94. The summed E-state index contributed by atoms with van der Waals surface area (Å²) >= 11 is 1.56. The van der Waals surface area contributed by atoms with Crippen molar-refractivity contribution in [2.45, 2.75) is 52.0 Å². The summed E-state index contributed by atoms with van der Waals surface area (Å²) in [4.78, 5) is 44.6. The van der Waals surface area contributed by atoms with Crippen molar-refractivity contribution in [3.63, 3.8) is 0 Å². The number of fused-ring (bicyclic) bond motifs is 1. The van der Waals surface area contributed by atoms with Crippen LogP contribution in [0.4, 0.5) is 0 Å². The van der Waals surface area contributed by atoms with Crippen molar-refractivity contribution < 1.29 is 14.4 Å². The van der Waals surface area contributed by atoms with Gasteiger partial charge in [-0.3, -0.25) is 14.4 Å². The van der Waals surface area contributed by atoms with E-state index in [9.17, 15) is 14.4 Å². The minimum atomic E-state index is -0.283. The predicted molar refractivity (Wildman–Crippen MR) is 116 cm³/mol. The number of ketones is 2. The summed E-state index contributed by atoms with van der Waals surface area (Å²) in [6.07, 6.45) is 8.44. The molecule has 2 aliphatic rings. The molecule has 0 aliphatic carbocycles. The smallest absolute Gasteiger partial charge is 0.223 e. The molecule has 0 fully saturated rings. The van der Waals surface area contributed by atoms with Crippen LogP contribution in [0.3, 0.4) is 0 Å². The van der Waals surface area contributed by atoms with Crippen LogP contribution in [0.2, 0.25) is 0 Å². The van der Waals surface area contributed by atoms with E-state index in [0.717, 1.165) is 22.9 Å². The fraction of sp³-hybridized carbons (Fsp3) is 0.478. The van der Waals surface area contributed by atoms with Crippen molar-refractivity contribution in [3.05, 3.63) is 46.2 Å². The van der Waals surface area contributed by atoms with Gasteiger partial charge in [-0.25, -0.2) is 4.98 Å². The number of thiazole rings is 1. The Morgan fingerprint density at radius 1 is 1.30 bits per heavy atom. The molecule has 0 radical (unpaired) electrons. The van der Waals surface area contributed by atoms with Gasteiger partial charge < -0.3 is 9.47 Å². The first kappa shape index (κ1) is 20.7. The maximum absolute atomic E-state index is 12.9. The van der Waals surface area contributed by atoms with E-state index in [0.29, 0.717) is 37.4 Å². The number of amides is 1.